The van der Waals surface area contributed by atoms with Crippen LogP contribution in [0.5, 0.6) is 0 Å². The van der Waals surface area contributed by atoms with E-state index in [0.717, 1.165) is 31.5 Å². The van der Waals surface area contributed by atoms with E-state index in [1.807, 2.05) is 11.8 Å². The molecule has 2 aliphatic heterocycles. The lowest BCUT2D eigenvalue weighted by Crippen LogP contribution is -2.54. The highest BCUT2D eigenvalue weighted by molar-refractivity contribution is 5.96. The smallest absolute Gasteiger partial charge is 0.254 e. The lowest BCUT2D eigenvalue weighted by atomic mass is 10.1. The molecule has 0 radical (unpaired) electrons. The van der Waals surface area contributed by atoms with E-state index in [4.69, 9.17) is 0 Å². The van der Waals surface area contributed by atoms with Gasteiger partial charge in [0.15, 0.2) is 0 Å². The molecule has 4 heteroatoms. The lowest BCUT2D eigenvalue weighted by Gasteiger charge is -2.35. The maximum absolute atomic E-state index is 13.3. The second-order valence-corrected chi connectivity index (χ2v) is 5.21. The quantitative estimate of drug-likeness (QED) is 0.820. The topological polar surface area (TPSA) is 32.3 Å². The first-order chi connectivity index (χ1) is 8.66. The molecule has 18 heavy (non-hydrogen) atoms. The maximum atomic E-state index is 13.3. The SMILES string of the molecule is Cc1ccc(F)cc1C(=O)N1C2CCC1CNC2. The molecule has 96 valence electrons. The Morgan fingerprint density at radius 1 is 1.33 bits per heavy atom. The summed E-state index contributed by atoms with van der Waals surface area (Å²) in [5.41, 5.74) is 1.35. The van der Waals surface area contributed by atoms with Crippen LogP contribution in [-0.4, -0.2) is 36.0 Å². The molecule has 1 N–H and O–H groups in total. The summed E-state index contributed by atoms with van der Waals surface area (Å²) in [5, 5.41) is 3.34. The zero-order valence-electron chi connectivity index (χ0n) is 10.4. The average Bonchev–Trinajstić information content (AvgIpc) is 2.61. The van der Waals surface area contributed by atoms with E-state index in [-0.39, 0.29) is 23.8 Å². The first kappa shape index (κ1) is 11.7. The highest BCUT2D eigenvalue weighted by Crippen LogP contribution is 2.29. The van der Waals surface area contributed by atoms with E-state index in [9.17, 15) is 9.18 Å². The van der Waals surface area contributed by atoms with Crippen molar-refractivity contribution in [3.63, 3.8) is 0 Å². The molecule has 0 saturated carbocycles. The summed E-state index contributed by atoms with van der Waals surface area (Å²) >= 11 is 0. The Morgan fingerprint density at radius 3 is 2.67 bits per heavy atom. The molecule has 2 saturated heterocycles. The molecule has 1 aromatic carbocycles. The van der Waals surface area contributed by atoms with Crippen LogP contribution in [0.4, 0.5) is 4.39 Å². The minimum Gasteiger partial charge on any atom is -0.330 e. The number of hydrogen-bond donors (Lipinski definition) is 1. The van der Waals surface area contributed by atoms with E-state index in [0.29, 0.717) is 5.56 Å². The van der Waals surface area contributed by atoms with Gasteiger partial charge in [-0.1, -0.05) is 6.07 Å². The zero-order valence-corrected chi connectivity index (χ0v) is 10.4. The van der Waals surface area contributed by atoms with Gasteiger partial charge in [-0.05, 0) is 37.5 Å². The van der Waals surface area contributed by atoms with Crippen molar-refractivity contribution in [2.45, 2.75) is 31.8 Å². The summed E-state index contributed by atoms with van der Waals surface area (Å²) in [5.74, 6) is -0.354. The summed E-state index contributed by atoms with van der Waals surface area (Å²) in [6, 6.07) is 4.99. The fourth-order valence-electron chi connectivity index (χ4n) is 3.07. The maximum Gasteiger partial charge on any atom is 0.254 e. The fraction of sp³-hybridized carbons (Fsp3) is 0.500. The Labute approximate surface area is 106 Å². The van der Waals surface area contributed by atoms with E-state index in [2.05, 4.69) is 5.32 Å². The molecular weight excluding hydrogens is 231 g/mol. The molecule has 1 aromatic rings. The molecule has 2 aliphatic rings. The Morgan fingerprint density at radius 2 is 2.00 bits per heavy atom. The lowest BCUT2D eigenvalue weighted by molar-refractivity contribution is 0.0618. The molecule has 3 nitrogen and oxygen atoms in total. The number of hydrogen-bond acceptors (Lipinski definition) is 2. The Bertz CT molecular complexity index is 473. The normalized spacial score (nSPS) is 26.4. The van der Waals surface area contributed by atoms with E-state index in [1.54, 1.807) is 6.07 Å². The van der Waals surface area contributed by atoms with Gasteiger partial charge in [0.1, 0.15) is 5.82 Å². The predicted molar refractivity (Wildman–Crippen MR) is 67.0 cm³/mol. The van der Waals surface area contributed by atoms with Gasteiger partial charge < -0.3 is 10.2 Å². The second kappa shape index (κ2) is 4.35. The highest BCUT2D eigenvalue weighted by atomic mass is 19.1. The van der Waals surface area contributed by atoms with Crippen LogP contribution in [0, 0.1) is 12.7 Å². The van der Waals surface area contributed by atoms with Crippen molar-refractivity contribution < 1.29 is 9.18 Å². The third kappa shape index (κ3) is 1.81. The van der Waals surface area contributed by atoms with Crippen LogP contribution >= 0.6 is 0 Å². The summed E-state index contributed by atoms with van der Waals surface area (Å²) < 4.78 is 13.3. The number of benzene rings is 1. The third-order valence-corrected chi connectivity index (χ3v) is 4.04. The molecule has 2 fully saturated rings. The van der Waals surface area contributed by atoms with Crippen LogP contribution in [0.25, 0.3) is 0 Å². The molecule has 3 rings (SSSR count). The largest absolute Gasteiger partial charge is 0.330 e. The van der Waals surface area contributed by atoms with Crippen LogP contribution < -0.4 is 5.32 Å². The minimum atomic E-state index is -0.341. The highest BCUT2D eigenvalue weighted by Gasteiger charge is 2.40. The molecule has 2 unspecified atom stereocenters. The molecule has 2 bridgehead atoms. The van der Waals surface area contributed by atoms with Gasteiger partial charge in [-0.3, -0.25) is 4.79 Å². The van der Waals surface area contributed by atoms with Gasteiger partial charge in [-0.2, -0.15) is 0 Å². The standard InChI is InChI=1S/C14H17FN2O/c1-9-2-3-10(15)6-13(9)14(18)17-11-4-5-12(17)8-16-7-11/h2-3,6,11-12,16H,4-5,7-8H2,1H3. The number of nitrogens with zero attached hydrogens (tertiary/aromatic N) is 1. The van der Waals surface area contributed by atoms with Crippen LogP contribution in [0.15, 0.2) is 18.2 Å². The van der Waals surface area contributed by atoms with E-state index >= 15 is 0 Å². The third-order valence-electron chi connectivity index (χ3n) is 4.04. The molecule has 0 spiro atoms. The minimum absolute atomic E-state index is 0.0130. The van der Waals surface area contributed by atoms with Gasteiger partial charge in [0, 0.05) is 30.7 Å². The van der Waals surface area contributed by atoms with Crippen LogP contribution in [0.2, 0.25) is 0 Å². The second-order valence-electron chi connectivity index (χ2n) is 5.21. The molecular formula is C14H17FN2O. The Balaban J connectivity index is 1.93. The van der Waals surface area contributed by atoms with Crippen molar-refractivity contribution in [3.8, 4) is 0 Å². The number of aryl methyl sites for hydroxylation is 1. The summed E-state index contributed by atoms with van der Waals surface area (Å²) in [6.07, 6.45) is 2.11. The zero-order chi connectivity index (χ0) is 12.7. The summed E-state index contributed by atoms with van der Waals surface area (Å²) in [6.45, 7) is 3.57. The van der Waals surface area contributed by atoms with Gasteiger partial charge in [-0.15, -0.1) is 0 Å². The Kier molecular flexibility index (Phi) is 2.82. The van der Waals surface area contributed by atoms with Gasteiger partial charge in [0.05, 0.1) is 0 Å². The number of carbonyl (C=O) groups is 1. The van der Waals surface area contributed by atoms with Crippen molar-refractivity contribution in [3.05, 3.63) is 35.1 Å². The predicted octanol–water partition coefficient (Wildman–Crippen LogP) is 1.71. The number of nitrogens with one attached hydrogen (secondary N) is 1. The van der Waals surface area contributed by atoms with Crippen molar-refractivity contribution >= 4 is 5.91 Å². The molecule has 2 atom stereocenters. The average molecular weight is 248 g/mol. The number of rotatable bonds is 1. The van der Waals surface area contributed by atoms with Crippen molar-refractivity contribution in [2.24, 2.45) is 0 Å². The number of amides is 1. The van der Waals surface area contributed by atoms with Crippen molar-refractivity contribution in [2.75, 3.05) is 13.1 Å². The summed E-state index contributed by atoms with van der Waals surface area (Å²) in [7, 11) is 0. The van der Waals surface area contributed by atoms with E-state index < -0.39 is 0 Å². The molecule has 0 aliphatic carbocycles. The molecule has 0 aromatic heterocycles. The number of fused-ring (bicyclic) bond motifs is 2. The fourth-order valence-corrected chi connectivity index (χ4v) is 3.07. The molecule has 1 amide bonds. The van der Waals surface area contributed by atoms with Crippen molar-refractivity contribution in [1.29, 1.82) is 0 Å². The van der Waals surface area contributed by atoms with Crippen LogP contribution in [-0.2, 0) is 0 Å². The molecule has 2 heterocycles. The first-order valence-corrected chi connectivity index (χ1v) is 6.46. The number of carbonyl (C=O) groups excluding carboxylic acids is 1. The Hall–Kier alpha value is -1.42. The number of halogens is 1. The first-order valence-electron chi connectivity index (χ1n) is 6.46. The van der Waals surface area contributed by atoms with Gasteiger partial charge in [0.25, 0.3) is 5.91 Å². The summed E-state index contributed by atoms with van der Waals surface area (Å²) in [4.78, 5) is 14.5. The van der Waals surface area contributed by atoms with Gasteiger partial charge >= 0.3 is 0 Å². The van der Waals surface area contributed by atoms with Crippen LogP contribution in [0.3, 0.4) is 0 Å². The van der Waals surface area contributed by atoms with Gasteiger partial charge in [-0.25, -0.2) is 4.39 Å². The number of piperazine rings is 1. The van der Waals surface area contributed by atoms with Crippen LogP contribution in [0.1, 0.15) is 28.8 Å². The van der Waals surface area contributed by atoms with Crippen molar-refractivity contribution in [1.82, 2.24) is 10.2 Å². The van der Waals surface area contributed by atoms with E-state index in [1.165, 1.54) is 12.1 Å². The van der Waals surface area contributed by atoms with Gasteiger partial charge in [0.2, 0.25) is 0 Å². The monoisotopic (exact) mass is 248 g/mol.